The van der Waals surface area contributed by atoms with Gasteiger partial charge in [0.05, 0.1) is 6.10 Å². The topological polar surface area (TPSA) is 76.1 Å². The summed E-state index contributed by atoms with van der Waals surface area (Å²) in [5.74, 6) is -0.557. The van der Waals surface area contributed by atoms with E-state index in [1.807, 2.05) is 0 Å². The van der Waals surface area contributed by atoms with E-state index >= 15 is 0 Å². The molecule has 0 bridgehead atoms. The molecule has 0 aromatic rings. The Bertz CT molecular complexity index is 381. The number of carbonyl (C=O) groups is 2. The van der Waals surface area contributed by atoms with Gasteiger partial charge in [-0.25, -0.2) is 0 Å². The number of carboxylic acids is 1. The molecule has 1 amide bonds. The average Bonchev–Trinajstić information content (AvgIpc) is 2.51. The first kappa shape index (κ1) is 17.2. The Morgan fingerprint density at radius 1 is 1.23 bits per heavy atom. The van der Waals surface area contributed by atoms with Crippen LogP contribution in [0.15, 0.2) is 0 Å². The highest BCUT2D eigenvalue weighted by molar-refractivity contribution is 5.82. The molecule has 2 fully saturated rings. The molecule has 0 aromatic carbocycles. The van der Waals surface area contributed by atoms with Crippen molar-refractivity contribution in [1.82, 2.24) is 4.90 Å². The number of hydrogen-bond donors (Lipinski definition) is 1. The first-order chi connectivity index (χ1) is 10.6. The van der Waals surface area contributed by atoms with E-state index in [2.05, 4.69) is 6.92 Å². The van der Waals surface area contributed by atoms with Crippen LogP contribution in [0.25, 0.3) is 0 Å². The van der Waals surface area contributed by atoms with Gasteiger partial charge in [0.15, 0.2) is 0 Å². The molecular formula is C16H27NO5. The molecule has 0 aromatic heterocycles. The highest BCUT2D eigenvalue weighted by Gasteiger charge is 2.28. The first-order valence-corrected chi connectivity index (χ1v) is 8.27. The van der Waals surface area contributed by atoms with Gasteiger partial charge in [-0.1, -0.05) is 19.8 Å². The number of rotatable bonds is 6. The predicted octanol–water partition coefficient (Wildman–Crippen LogP) is 1.67. The normalized spacial score (nSPS) is 26.6. The summed E-state index contributed by atoms with van der Waals surface area (Å²) in [6.45, 7) is 3.09. The molecule has 2 atom stereocenters. The van der Waals surface area contributed by atoms with Gasteiger partial charge in [-0.15, -0.1) is 0 Å². The number of ether oxygens (including phenoxy) is 2. The minimum absolute atomic E-state index is 0.0119. The number of nitrogens with zero attached hydrogens (tertiary/aromatic N) is 1. The Balaban J connectivity index is 1.85. The molecule has 0 unspecified atom stereocenters. The number of carboxylic acid groups (broad SMARTS) is 1. The number of aliphatic carboxylic acids is 1. The molecule has 2 aliphatic rings. The molecule has 0 radical (unpaired) electrons. The summed E-state index contributed by atoms with van der Waals surface area (Å²) >= 11 is 0. The van der Waals surface area contributed by atoms with Crippen LogP contribution in [-0.4, -0.2) is 60.4 Å². The van der Waals surface area contributed by atoms with E-state index in [1.165, 1.54) is 11.3 Å². The maximum Gasteiger partial charge on any atom is 0.323 e. The van der Waals surface area contributed by atoms with Crippen LogP contribution < -0.4 is 0 Å². The van der Waals surface area contributed by atoms with Crippen LogP contribution in [0.5, 0.6) is 0 Å². The van der Waals surface area contributed by atoms with Crippen molar-refractivity contribution in [3.8, 4) is 0 Å². The van der Waals surface area contributed by atoms with Gasteiger partial charge >= 0.3 is 5.97 Å². The monoisotopic (exact) mass is 313 g/mol. The highest BCUT2D eigenvalue weighted by Crippen LogP contribution is 2.25. The summed E-state index contributed by atoms with van der Waals surface area (Å²) in [6, 6.07) is -0.0498. The molecule has 1 aliphatic heterocycles. The third-order valence-corrected chi connectivity index (χ3v) is 4.59. The van der Waals surface area contributed by atoms with Gasteiger partial charge in [-0.05, 0) is 31.6 Å². The van der Waals surface area contributed by atoms with Gasteiger partial charge in [0, 0.05) is 19.3 Å². The molecule has 6 heteroatoms. The molecule has 0 spiro atoms. The molecule has 22 heavy (non-hydrogen) atoms. The van der Waals surface area contributed by atoms with Crippen LogP contribution in [0, 0.1) is 5.92 Å². The van der Waals surface area contributed by atoms with Gasteiger partial charge in [-0.2, -0.15) is 0 Å². The second-order valence-electron chi connectivity index (χ2n) is 6.46. The molecule has 1 aliphatic carbocycles. The summed E-state index contributed by atoms with van der Waals surface area (Å²) in [6.07, 6.45) is 5.87. The fourth-order valence-corrected chi connectivity index (χ4v) is 3.37. The SMILES string of the molecule is C[C@@H]1CCC[C@H](OCC(=O)N(CC(=O)O)C2CCOCC2)C1. The lowest BCUT2D eigenvalue weighted by atomic mass is 9.89. The second kappa shape index (κ2) is 8.48. The van der Waals surface area contributed by atoms with E-state index in [-0.39, 0.29) is 31.2 Å². The Morgan fingerprint density at radius 2 is 1.95 bits per heavy atom. The van der Waals surface area contributed by atoms with Gasteiger partial charge in [0.2, 0.25) is 5.91 Å². The summed E-state index contributed by atoms with van der Waals surface area (Å²) in [5, 5.41) is 9.05. The Hall–Kier alpha value is -1.14. The number of carbonyl (C=O) groups excluding carboxylic acids is 1. The third kappa shape index (κ3) is 5.25. The molecule has 1 saturated carbocycles. The minimum Gasteiger partial charge on any atom is -0.480 e. The fourth-order valence-electron chi connectivity index (χ4n) is 3.37. The zero-order chi connectivity index (χ0) is 15.9. The van der Waals surface area contributed by atoms with E-state index in [1.54, 1.807) is 0 Å². The van der Waals surface area contributed by atoms with E-state index in [4.69, 9.17) is 14.6 Å². The smallest absolute Gasteiger partial charge is 0.323 e. The van der Waals surface area contributed by atoms with E-state index in [0.717, 1.165) is 19.3 Å². The van der Waals surface area contributed by atoms with Crippen LogP contribution >= 0.6 is 0 Å². The molecule has 6 nitrogen and oxygen atoms in total. The van der Waals surface area contributed by atoms with Gasteiger partial charge in [-0.3, -0.25) is 9.59 Å². The van der Waals surface area contributed by atoms with Crippen LogP contribution in [0.3, 0.4) is 0 Å². The summed E-state index contributed by atoms with van der Waals surface area (Å²) < 4.78 is 11.0. The largest absolute Gasteiger partial charge is 0.480 e. The maximum atomic E-state index is 12.4. The van der Waals surface area contributed by atoms with Crippen LogP contribution in [0.4, 0.5) is 0 Å². The molecule has 1 N–H and O–H groups in total. The highest BCUT2D eigenvalue weighted by atomic mass is 16.5. The number of hydrogen-bond acceptors (Lipinski definition) is 4. The Labute approximate surface area is 131 Å². The molecule has 2 rings (SSSR count). The molecule has 126 valence electrons. The lowest BCUT2D eigenvalue weighted by Gasteiger charge is -2.34. The third-order valence-electron chi connectivity index (χ3n) is 4.59. The average molecular weight is 313 g/mol. The molecule has 1 saturated heterocycles. The van der Waals surface area contributed by atoms with Crippen molar-refractivity contribution in [3.05, 3.63) is 0 Å². The van der Waals surface area contributed by atoms with Crippen molar-refractivity contribution in [2.45, 2.75) is 57.6 Å². The lowest BCUT2D eigenvalue weighted by molar-refractivity contribution is -0.151. The summed E-state index contributed by atoms with van der Waals surface area (Å²) in [5.41, 5.74) is 0. The van der Waals surface area contributed by atoms with Gasteiger partial charge < -0.3 is 19.5 Å². The standard InChI is InChI=1S/C16H27NO5/c1-12-3-2-4-14(9-12)22-11-15(18)17(10-16(19)20)13-5-7-21-8-6-13/h12-14H,2-11H2,1H3,(H,19,20)/t12-,14+/m1/s1. The quantitative estimate of drug-likeness (QED) is 0.807. The molecule has 1 heterocycles. The van der Waals surface area contributed by atoms with Crippen molar-refractivity contribution in [2.75, 3.05) is 26.4 Å². The van der Waals surface area contributed by atoms with Crippen molar-refractivity contribution >= 4 is 11.9 Å². The molecular weight excluding hydrogens is 286 g/mol. The number of amides is 1. The predicted molar refractivity (Wildman–Crippen MR) is 80.6 cm³/mol. The van der Waals surface area contributed by atoms with E-state index in [9.17, 15) is 9.59 Å². The zero-order valence-corrected chi connectivity index (χ0v) is 13.3. The Kier molecular flexibility index (Phi) is 6.64. The van der Waals surface area contributed by atoms with Crippen LogP contribution in [-0.2, 0) is 19.1 Å². The van der Waals surface area contributed by atoms with Gasteiger partial charge in [0.1, 0.15) is 13.2 Å². The van der Waals surface area contributed by atoms with E-state index < -0.39 is 5.97 Å². The van der Waals surface area contributed by atoms with Crippen molar-refractivity contribution in [1.29, 1.82) is 0 Å². The lowest BCUT2D eigenvalue weighted by Crippen LogP contribution is -2.47. The maximum absolute atomic E-state index is 12.4. The summed E-state index contributed by atoms with van der Waals surface area (Å²) in [4.78, 5) is 24.9. The minimum atomic E-state index is -0.980. The zero-order valence-electron chi connectivity index (χ0n) is 13.3. The second-order valence-corrected chi connectivity index (χ2v) is 6.46. The first-order valence-electron chi connectivity index (χ1n) is 8.27. The van der Waals surface area contributed by atoms with Crippen molar-refractivity contribution in [3.63, 3.8) is 0 Å². The van der Waals surface area contributed by atoms with Crippen LogP contribution in [0.2, 0.25) is 0 Å². The fraction of sp³-hybridized carbons (Fsp3) is 0.875. The van der Waals surface area contributed by atoms with Crippen molar-refractivity contribution in [2.24, 2.45) is 5.92 Å². The van der Waals surface area contributed by atoms with Crippen molar-refractivity contribution < 1.29 is 24.2 Å². The summed E-state index contributed by atoms with van der Waals surface area (Å²) in [7, 11) is 0. The van der Waals surface area contributed by atoms with E-state index in [0.29, 0.717) is 32.0 Å². The Morgan fingerprint density at radius 3 is 2.59 bits per heavy atom. The van der Waals surface area contributed by atoms with Gasteiger partial charge in [0.25, 0.3) is 0 Å². The van der Waals surface area contributed by atoms with Crippen LogP contribution in [0.1, 0.15) is 45.4 Å².